The van der Waals surface area contributed by atoms with E-state index >= 15 is 0 Å². The van der Waals surface area contributed by atoms with Crippen LogP contribution in [0, 0.1) is 0 Å². The molecule has 0 aliphatic heterocycles. The molecule has 0 aliphatic carbocycles. The Morgan fingerprint density at radius 3 is 0.756 bits per heavy atom. The second-order valence-corrected chi connectivity index (χ2v) is 24.5. The number of hydrogen-bond donors (Lipinski definition) is 0. The minimum absolute atomic E-state index is 0.0837. The largest absolute Gasteiger partial charge is 0.462 e. The summed E-state index contributed by atoms with van der Waals surface area (Å²) in [5.74, 6) is -0.896. The van der Waals surface area contributed by atoms with Gasteiger partial charge < -0.3 is 14.2 Å². The molecule has 0 radical (unpaired) electrons. The number of rotatable bonds is 67. The fraction of sp³-hybridized carbons (Fsp3) is 0.829. The molecule has 6 heteroatoms. The Kier molecular flexibility index (Phi) is 68.1. The average Bonchev–Trinajstić information content (AvgIpc) is 3.48. The van der Waals surface area contributed by atoms with Crippen LogP contribution in [0.3, 0.4) is 0 Å². The molecule has 82 heavy (non-hydrogen) atoms. The van der Waals surface area contributed by atoms with Crippen molar-refractivity contribution in [3.8, 4) is 0 Å². The smallest absolute Gasteiger partial charge is 0.306 e. The Labute approximate surface area is 510 Å². The SMILES string of the molecule is CC/C=C\C/C=C\C/C=C\C/C=C\CCCCCCC(=O)OC(COC(=O)CCCCCCC/C=C\CCCCCCC)COC(=O)CCCCCCCCCCCCCCCCCCCCCCCCCCCCCCCCCCC. The van der Waals surface area contributed by atoms with Gasteiger partial charge in [0, 0.05) is 19.3 Å². The van der Waals surface area contributed by atoms with Gasteiger partial charge in [-0.2, -0.15) is 0 Å². The van der Waals surface area contributed by atoms with E-state index in [-0.39, 0.29) is 31.1 Å². The van der Waals surface area contributed by atoms with E-state index in [2.05, 4.69) is 81.5 Å². The van der Waals surface area contributed by atoms with Gasteiger partial charge in [-0.3, -0.25) is 14.4 Å². The van der Waals surface area contributed by atoms with Crippen molar-refractivity contribution in [1.29, 1.82) is 0 Å². The third-order valence-electron chi connectivity index (χ3n) is 16.3. The molecule has 6 nitrogen and oxygen atoms in total. The van der Waals surface area contributed by atoms with Crippen LogP contribution in [0.1, 0.15) is 387 Å². The van der Waals surface area contributed by atoms with Crippen LogP contribution >= 0.6 is 0 Å². The molecule has 0 aromatic carbocycles. The van der Waals surface area contributed by atoms with Crippen LogP contribution in [-0.2, 0) is 28.6 Å². The molecule has 0 aromatic rings. The quantitative estimate of drug-likeness (QED) is 0.0261. The van der Waals surface area contributed by atoms with E-state index in [9.17, 15) is 14.4 Å². The fourth-order valence-corrected chi connectivity index (χ4v) is 10.8. The highest BCUT2D eigenvalue weighted by molar-refractivity contribution is 5.71. The Morgan fingerprint density at radius 1 is 0.256 bits per heavy atom. The summed E-state index contributed by atoms with van der Waals surface area (Å²) in [7, 11) is 0. The number of carbonyl (C=O) groups is 3. The summed E-state index contributed by atoms with van der Waals surface area (Å²) < 4.78 is 16.9. The Morgan fingerprint density at radius 2 is 0.476 bits per heavy atom. The number of allylic oxidation sites excluding steroid dienone is 10. The van der Waals surface area contributed by atoms with E-state index in [1.54, 1.807) is 0 Å². The lowest BCUT2D eigenvalue weighted by Crippen LogP contribution is -2.30. The van der Waals surface area contributed by atoms with Crippen molar-refractivity contribution in [3.05, 3.63) is 60.8 Å². The number of carbonyl (C=O) groups excluding carboxylic acids is 3. The predicted molar refractivity (Wildman–Crippen MR) is 358 cm³/mol. The highest BCUT2D eigenvalue weighted by Crippen LogP contribution is 2.19. The van der Waals surface area contributed by atoms with Crippen molar-refractivity contribution in [1.82, 2.24) is 0 Å². The lowest BCUT2D eigenvalue weighted by molar-refractivity contribution is -0.167. The molecule has 0 saturated carbocycles. The highest BCUT2D eigenvalue weighted by Gasteiger charge is 2.19. The number of unbranched alkanes of at least 4 members (excludes halogenated alkanes) is 46. The Bertz CT molecular complexity index is 1460. The average molecular weight is 1150 g/mol. The molecule has 1 unspecified atom stereocenters. The maximum atomic E-state index is 12.9. The number of hydrogen-bond acceptors (Lipinski definition) is 6. The minimum Gasteiger partial charge on any atom is -0.462 e. The summed E-state index contributed by atoms with van der Waals surface area (Å²) in [5.41, 5.74) is 0. The zero-order valence-corrected chi connectivity index (χ0v) is 55.0. The molecule has 0 saturated heterocycles. The molecule has 0 amide bonds. The van der Waals surface area contributed by atoms with Crippen LogP contribution in [0.25, 0.3) is 0 Å². The first kappa shape index (κ1) is 79.1. The standard InChI is InChI=1S/C76H138O6/c1-4-7-10-13-16-19-22-25-28-30-31-32-33-34-35-36-37-38-39-40-41-42-43-44-45-47-48-51-54-57-60-63-66-69-75(78)81-72-73(71-80-74(77)68-65-62-59-56-53-50-27-24-21-18-15-12-9-6-3)82-76(79)70-67-64-61-58-55-52-49-46-29-26-23-20-17-14-11-8-5-2/h8,11,17,20,24,26-27,29,49,52,73H,4-7,9-10,12-16,18-19,21-23,25,28,30-48,50-51,53-72H2,1-3H3/b11-8-,20-17-,27-24-,29-26-,52-49-. The zero-order chi connectivity index (χ0) is 59.2. The fourth-order valence-electron chi connectivity index (χ4n) is 10.8. The lowest BCUT2D eigenvalue weighted by Gasteiger charge is -2.18. The van der Waals surface area contributed by atoms with Crippen LogP contribution in [0.5, 0.6) is 0 Å². The Balaban J connectivity index is 4.14. The monoisotopic (exact) mass is 1150 g/mol. The molecule has 0 aromatic heterocycles. The highest BCUT2D eigenvalue weighted by atomic mass is 16.6. The first-order valence-electron chi connectivity index (χ1n) is 36.3. The molecule has 0 bridgehead atoms. The lowest BCUT2D eigenvalue weighted by atomic mass is 10.0. The molecule has 478 valence electrons. The van der Waals surface area contributed by atoms with Crippen molar-refractivity contribution in [2.45, 2.75) is 393 Å². The van der Waals surface area contributed by atoms with Gasteiger partial charge in [0.05, 0.1) is 0 Å². The molecule has 0 fully saturated rings. The summed E-state index contributed by atoms with van der Waals surface area (Å²) >= 11 is 0. The van der Waals surface area contributed by atoms with Crippen molar-refractivity contribution in [2.75, 3.05) is 13.2 Å². The molecular weight excluding hydrogens is 1010 g/mol. The maximum absolute atomic E-state index is 12.9. The zero-order valence-electron chi connectivity index (χ0n) is 55.0. The molecule has 0 heterocycles. The predicted octanol–water partition coefficient (Wildman–Crippen LogP) is 25.1. The van der Waals surface area contributed by atoms with Gasteiger partial charge in [-0.15, -0.1) is 0 Å². The van der Waals surface area contributed by atoms with Gasteiger partial charge in [0.25, 0.3) is 0 Å². The van der Waals surface area contributed by atoms with Crippen molar-refractivity contribution < 1.29 is 28.6 Å². The van der Waals surface area contributed by atoms with Gasteiger partial charge >= 0.3 is 17.9 Å². The molecule has 0 spiro atoms. The summed E-state index contributed by atoms with van der Waals surface area (Å²) in [5, 5.41) is 0. The number of ether oxygens (including phenoxy) is 3. The van der Waals surface area contributed by atoms with Gasteiger partial charge in [0.15, 0.2) is 6.10 Å². The van der Waals surface area contributed by atoms with Gasteiger partial charge in [-0.05, 0) is 83.5 Å². The first-order valence-corrected chi connectivity index (χ1v) is 36.3. The molecular formula is C76H138O6. The maximum Gasteiger partial charge on any atom is 0.306 e. The van der Waals surface area contributed by atoms with Gasteiger partial charge in [-0.1, -0.05) is 345 Å². The van der Waals surface area contributed by atoms with Crippen LogP contribution in [-0.4, -0.2) is 37.2 Å². The van der Waals surface area contributed by atoms with E-state index in [4.69, 9.17) is 14.2 Å². The normalized spacial score (nSPS) is 12.4. The second kappa shape index (κ2) is 70.6. The van der Waals surface area contributed by atoms with Gasteiger partial charge in [0.2, 0.25) is 0 Å². The van der Waals surface area contributed by atoms with E-state index in [0.717, 1.165) is 103 Å². The van der Waals surface area contributed by atoms with Crippen LogP contribution in [0.4, 0.5) is 0 Å². The van der Waals surface area contributed by atoms with Crippen LogP contribution in [0.15, 0.2) is 60.8 Å². The van der Waals surface area contributed by atoms with Gasteiger partial charge in [0.1, 0.15) is 13.2 Å². The Hall–Kier alpha value is -2.89. The topological polar surface area (TPSA) is 78.9 Å². The minimum atomic E-state index is -0.791. The van der Waals surface area contributed by atoms with E-state index < -0.39 is 6.10 Å². The van der Waals surface area contributed by atoms with E-state index in [1.165, 1.54) is 244 Å². The van der Waals surface area contributed by atoms with Crippen LogP contribution in [0.2, 0.25) is 0 Å². The molecule has 0 aliphatic rings. The molecule has 0 N–H and O–H groups in total. The summed E-state index contributed by atoms with van der Waals surface area (Å²) in [6.07, 6.45) is 91.4. The second-order valence-electron chi connectivity index (χ2n) is 24.5. The third kappa shape index (κ3) is 67.9. The third-order valence-corrected chi connectivity index (χ3v) is 16.3. The molecule has 1 atom stereocenters. The summed E-state index contributed by atoms with van der Waals surface area (Å²) in [6, 6.07) is 0. The van der Waals surface area contributed by atoms with Crippen LogP contribution < -0.4 is 0 Å². The van der Waals surface area contributed by atoms with Crippen molar-refractivity contribution in [3.63, 3.8) is 0 Å². The van der Waals surface area contributed by atoms with E-state index in [0.29, 0.717) is 19.3 Å². The number of esters is 3. The summed E-state index contributed by atoms with van der Waals surface area (Å²) in [6.45, 7) is 6.55. The first-order chi connectivity index (χ1) is 40.5. The van der Waals surface area contributed by atoms with E-state index in [1.807, 2.05) is 0 Å². The van der Waals surface area contributed by atoms with Gasteiger partial charge in [-0.25, -0.2) is 0 Å². The molecule has 0 rings (SSSR count). The van der Waals surface area contributed by atoms with Crippen molar-refractivity contribution >= 4 is 17.9 Å². The summed E-state index contributed by atoms with van der Waals surface area (Å²) in [4.78, 5) is 38.4. The van der Waals surface area contributed by atoms with Crippen molar-refractivity contribution in [2.24, 2.45) is 0 Å².